The van der Waals surface area contributed by atoms with Crippen molar-refractivity contribution in [1.29, 1.82) is 0 Å². The molecule has 0 unspecified atom stereocenters. The molecule has 0 bridgehead atoms. The zero-order valence-electron chi connectivity index (χ0n) is 15.3. The largest absolute Gasteiger partial charge is 0.463 e. The Morgan fingerprint density at radius 3 is 2.44 bits per heavy atom. The summed E-state index contributed by atoms with van der Waals surface area (Å²) in [5, 5.41) is 4.14. The first kappa shape index (κ1) is 18.6. The second-order valence-corrected chi connectivity index (χ2v) is 5.74. The average molecular weight is 344 g/mol. The van der Waals surface area contributed by atoms with Crippen LogP contribution in [0.1, 0.15) is 30.7 Å². The lowest BCUT2D eigenvalue weighted by Crippen LogP contribution is -2.17. The number of fused-ring (bicyclic) bond motifs is 1. The van der Waals surface area contributed by atoms with E-state index in [2.05, 4.69) is 17.2 Å². The molecule has 6 nitrogen and oxygen atoms in total. The van der Waals surface area contributed by atoms with Gasteiger partial charge in [-0.05, 0) is 57.9 Å². The number of H-pyrrole nitrogens is 1. The fourth-order valence-electron chi connectivity index (χ4n) is 2.56. The number of carbonyl (C=O) groups excluding carboxylic acids is 2. The Kier molecular flexibility index (Phi) is 5.85. The van der Waals surface area contributed by atoms with E-state index in [1.54, 1.807) is 13.8 Å². The topological polar surface area (TPSA) is 80.4 Å². The molecule has 0 fully saturated rings. The SMILES string of the molecule is CCOC(=O)/C=C(/Nc1cc2[nH]c(C)c(C)c2cc1C)C(=O)OCC. The number of nitrogens with one attached hydrogen (secondary N) is 2. The van der Waals surface area contributed by atoms with Crippen molar-refractivity contribution in [3.05, 3.63) is 40.7 Å². The molecule has 0 amide bonds. The molecule has 2 rings (SSSR count). The standard InChI is InChI=1S/C19H24N2O4/c1-6-24-18(22)10-17(19(23)25-7-2)21-15-9-16-14(8-11(15)3)12(4)13(5)20-16/h8-10,20-21H,6-7H2,1-5H3/b17-10+. The Labute approximate surface area is 147 Å². The average Bonchev–Trinajstić information content (AvgIpc) is 2.82. The number of esters is 2. The molecule has 134 valence electrons. The summed E-state index contributed by atoms with van der Waals surface area (Å²) in [6.07, 6.45) is 1.12. The van der Waals surface area contributed by atoms with Gasteiger partial charge in [0.1, 0.15) is 5.70 Å². The summed E-state index contributed by atoms with van der Waals surface area (Å²) in [5.74, 6) is -1.20. The number of carbonyl (C=O) groups is 2. The van der Waals surface area contributed by atoms with Crippen molar-refractivity contribution in [2.45, 2.75) is 34.6 Å². The molecular formula is C19H24N2O4. The maximum absolute atomic E-state index is 12.2. The van der Waals surface area contributed by atoms with Gasteiger partial charge in [0.25, 0.3) is 0 Å². The van der Waals surface area contributed by atoms with E-state index in [9.17, 15) is 9.59 Å². The van der Waals surface area contributed by atoms with Gasteiger partial charge in [0.05, 0.1) is 19.3 Å². The van der Waals surface area contributed by atoms with Gasteiger partial charge in [-0.15, -0.1) is 0 Å². The predicted molar refractivity (Wildman–Crippen MR) is 97.5 cm³/mol. The summed E-state index contributed by atoms with van der Waals surface area (Å²) in [5.41, 5.74) is 4.97. The van der Waals surface area contributed by atoms with Crippen LogP contribution in [0.3, 0.4) is 0 Å². The van der Waals surface area contributed by atoms with Crippen molar-refractivity contribution < 1.29 is 19.1 Å². The van der Waals surface area contributed by atoms with Crippen molar-refractivity contribution >= 4 is 28.5 Å². The van der Waals surface area contributed by atoms with Crippen molar-refractivity contribution in [2.75, 3.05) is 18.5 Å². The van der Waals surface area contributed by atoms with Crippen molar-refractivity contribution in [1.82, 2.24) is 4.98 Å². The van der Waals surface area contributed by atoms with Crippen LogP contribution in [0.25, 0.3) is 10.9 Å². The number of aromatic nitrogens is 1. The number of hydrogen-bond acceptors (Lipinski definition) is 5. The van der Waals surface area contributed by atoms with E-state index in [0.29, 0.717) is 0 Å². The Bertz CT molecular complexity index is 834. The summed E-state index contributed by atoms with van der Waals surface area (Å²) in [7, 11) is 0. The quantitative estimate of drug-likeness (QED) is 0.619. The molecule has 0 aliphatic heterocycles. The number of ether oxygens (including phenoxy) is 2. The lowest BCUT2D eigenvalue weighted by atomic mass is 10.1. The monoisotopic (exact) mass is 344 g/mol. The molecule has 0 aliphatic rings. The molecule has 6 heteroatoms. The maximum Gasteiger partial charge on any atom is 0.355 e. The van der Waals surface area contributed by atoms with Gasteiger partial charge >= 0.3 is 11.9 Å². The molecule has 1 aromatic heterocycles. The summed E-state index contributed by atoms with van der Waals surface area (Å²) < 4.78 is 9.91. The van der Waals surface area contributed by atoms with E-state index in [0.717, 1.165) is 33.9 Å². The molecule has 0 saturated carbocycles. The number of rotatable bonds is 6. The number of aromatic amines is 1. The minimum atomic E-state index is -0.603. The Morgan fingerprint density at radius 1 is 1.12 bits per heavy atom. The van der Waals surface area contributed by atoms with Gasteiger partial charge in [0.15, 0.2) is 0 Å². The molecular weight excluding hydrogens is 320 g/mol. The van der Waals surface area contributed by atoms with Crippen LogP contribution >= 0.6 is 0 Å². The number of hydrogen-bond donors (Lipinski definition) is 2. The van der Waals surface area contributed by atoms with E-state index in [1.165, 1.54) is 5.56 Å². The lowest BCUT2D eigenvalue weighted by Gasteiger charge is -2.13. The summed E-state index contributed by atoms with van der Waals surface area (Å²) >= 11 is 0. The molecule has 1 heterocycles. The highest BCUT2D eigenvalue weighted by molar-refractivity contribution is 5.99. The highest BCUT2D eigenvalue weighted by Crippen LogP contribution is 2.28. The molecule has 25 heavy (non-hydrogen) atoms. The molecule has 0 radical (unpaired) electrons. The highest BCUT2D eigenvalue weighted by atomic mass is 16.5. The second kappa shape index (κ2) is 7.88. The minimum Gasteiger partial charge on any atom is -0.463 e. The van der Waals surface area contributed by atoms with Gasteiger partial charge in [-0.1, -0.05) is 0 Å². The molecule has 0 aliphatic carbocycles. The van der Waals surface area contributed by atoms with Crippen LogP contribution in [-0.4, -0.2) is 30.1 Å². The third-order valence-electron chi connectivity index (χ3n) is 3.97. The van der Waals surface area contributed by atoms with Crippen LogP contribution < -0.4 is 5.32 Å². The first-order valence-corrected chi connectivity index (χ1v) is 8.29. The van der Waals surface area contributed by atoms with Crippen molar-refractivity contribution in [3.63, 3.8) is 0 Å². The molecule has 0 atom stereocenters. The van der Waals surface area contributed by atoms with E-state index in [-0.39, 0.29) is 18.9 Å². The van der Waals surface area contributed by atoms with Crippen molar-refractivity contribution in [3.8, 4) is 0 Å². The van der Waals surface area contributed by atoms with E-state index < -0.39 is 11.9 Å². The molecule has 0 saturated heterocycles. The molecule has 0 spiro atoms. The Balaban J connectivity index is 2.40. The summed E-state index contributed by atoms with van der Waals surface area (Å²) in [4.78, 5) is 27.2. The fourth-order valence-corrected chi connectivity index (χ4v) is 2.56. The predicted octanol–water partition coefficient (Wildman–Crippen LogP) is 3.52. The smallest absolute Gasteiger partial charge is 0.355 e. The first-order valence-electron chi connectivity index (χ1n) is 8.29. The van der Waals surface area contributed by atoms with Gasteiger partial charge in [0, 0.05) is 22.3 Å². The molecule has 2 N–H and O–H groups in total. The highest BCUT2D eigenvalue weighted by Gasteiger charge is 2.16. The third-order valence-corrected chi connectivity index (χ3v) is 3.97. The van der Waals surface area contributed by atoms with Gasteiger partial charge in [-0.3, -0.25) is 0 Å². The van der Waals surface area contributed by atoms with E-state index in [1.807, 2.05) is 26.0 Å². The van der Waals surface area contributed by atoms with E-state index in [4.69, 9.17) is 9.47 Å². The van der Waals surface area contributed by atoms with Gasteiger partial charge < -0.3 is 19.8 Å². The summed E-state index contributed by atoms with van der Waals surface area (Å²) in [6, 6.07) is 3.96. The normalized spacial score (nSPS) is 11.5. The lowest BCUT2D eigenvalue weighted by molar-refractivity contribution is -0.140. The van der Waals surface area contributed by atoms with Crippen LogP contribution in [0.2, 0.25) is 0 Å². The Hall–Kier alpha value is -2.76. The molecule has 1 aromatic carbocycles. The minimum absolute atomic E-state index is 0.0442. The number of aryl methyl sites for hydroxylation is 3. The fraction of sp³-hybridized carbons (Fsp3) is 0.368. The third kappa shape index (κ3) is 4.21. The number of anilines is 1. The second-order valence-electron chi connectivity index (χ2n) is 5.74. The van der Waals surface area contributed by atoms with Crippen LogP contribution in [0.15, 0.2) is 23.9 Å². The molecule has 2 aromatic rings. The number of benzene rings is 1. The summed E-state index contributed by atoms with van der Waals surface area (Å²) in [6.45, 7) is 9.88. The van der Waals surface area contributed by atoms with Gasteiger partial charge in [-0.2, -0.15) is 0 Å². The first-order chi connectivity index (χ1) is 11.9. The van der Waals surface area contributed by atoms with Gasteiger partial charge in [-0.25, -0.2) is 9.59 Å². The van der Waals surface area contributed by atoms with Crippen LogP contribution in [-0.2, 0) is 19.1 Å². The van der Waals surface area contributed by atoms with Crippen molar-refractivity contribution in [2.24, 2.45) is 0 Å². The van der Waals surface area contributed by atoms with E-state index >= 15 is 0 Å². The van der Waals surface area contributed by atoms with Crippen LogP contribution in [0.4, 0.5) is 5.69 Å². The zero-order valence-corrected chi connectivity index (χ0v) is 15.3. The van der Waals surface area contributed by atoms with Crippen LogP contribution in [0, 0.1) is 20.8 Å². The maximum atomic E-state index is 12.2. The van der Waals surface area contributed by atoms with Crippen LogP contribution in [0.5, 0.6) is 0 Å². The Morgan fingerprint density at radius 2 is 1.80 bits per heavy atom. The zero-order chi connectivity index (χ0) is 18.6. The van der Waals surface area contributed by atoms with Gasteiger partial charge in [0.2, 0.25) is 0 Å².